The number of amides is 2. The molecule has 0 aliphatic carbocycles. The molecule has 156 valence electrons. The summed E-state index contributed by atoms with van der Waals surface area (Å²) in [6.07, 6.45) is 2.03. The number of carbonyl (C=O) groups is 2. The van der Waals surface area contributed by atoms with Crippen LogP contribution in [0.2, 0.25) is 0 Å². The van der Waals surface area contributed by atoms with E-state index < -0.39 is 0 Å². The van der Waals surface area contributed by atoms with E-state index in [0.717, 1.165) is 12.8 Å². The van der Waals surface area contributed by atoms with Crippen LogP contribution in [0.5, 0.6) is 17.2 Å². The smallest absolute Gasteiger partial charge is 0.251 e. The fourth-order valence-electron chi connectivity index (χ4n) is 3.29. The van der Waals surface area contributed by atoms with Crippen molar-refractivity contribution < 1.29 is 23.8 Å². The second-order valence-corrected chi connectivity index (χ2v) is 6.58. The van der Waals surface area contributed by atoms with Gasteiger partial charge in [-0.05, 0) is 45.7 Å². The van der Waals surface area contributed by atoms with Crippen molar-refractivity contribution in [3.05, 3.63) is 17.7 Å². The van der Waals surface area contributed by atoms with Gasteiger partial charge < -0.3 is 24.4 Å². The lowest BCUT2D eigenvalue weighted by atomic mass is 10.0. The van der Waals surface area contributed by atoms with Crippen LogP contribution in [0.3, 0.4) is 0 Å². The molecule has 1 aromatic carbocycles. The van der Waals surface area contributed by atoms with Gasteiger partial charge in [0.05, 0.1) is 19.8 Å². The largest absolute Gasteiger partial charge is 0.490 e. The average molecular weight is 392 g/mol. The molecule has 1 aliphatic heterocycles. The van der Waals surface area contributed by atoms with Gasteiger partial charge in [0, 0.05) is 31.1 Å². The van der Waals surface area contributed by atoms with E-state index in [1.807, 2.05) is 32.6 Å². The molecule has 0 unspecified atom stereocenters. The molecule has 7 nitrogen and oxygen atoms in total. The van der Waals surface area contributed by atoms with Crippen molar-refractivity contribution in [1.82, 2.24) is 10.2 Å². The number of ether oxygens (including phenoxy) is 3. The van der Waals surface area contributed by atoms with Crippen LogP contribution in [-0.2, 0) is 4.79 Å². The number of likely N-dealkylation sites (tertiary alicyclic amines) is 1. The molecule has 7 heteroatoms. The number of hydrogen-bond donors (Lipinski definition) is 1. The first-order valence-electron chi connectivity index (χ1n) is 10.2. The van der Waals surface area contributed by atoms with Crippen LogP contribution < -0.4 is 19.5 Å². The van der Waals surface area contributed by atoms with E-state index in [1.54, 1.807) is 12.1 Å². The Labute approximate surface area is 167 Å². The van der Waals surface area contributed by atoms with Crippen molar-refractivity contribution in [3.8, 4) is 17.2 Å². The fourth-order valence-corrected chi connectivity index (χ4v) is 3.29. The normalized spacial score (nSPS) is 14.5. The van der Waals surface area contributed by atoms with Crippen LogP contribution in [0.25, 0.3) is 0 Å². The van der Waals surface area contributed by atoms with Crippen molar-refractivity contribution in [2.24, 2.45) is 0 Å². The number of piperidine rings is 1. The Morgan fingerprint density at radius 1 is 0.964 bits per heavy atom. The molecule has 1 aromatic rings. The zero-order chi connectivity index (χ0) is 20.5. The monoisotopic (exact) mass is 392 g/mol. The van der Waals surface area contributed by atoms with Gasteiger partial charge in [0.1, 0.15) is 0 Å². The van der Waals surface area contributed by atoms with Gasteiger partial charge in [-0.2, -0.15) is 0 Å². The van der Waals surface area contributed by atoms with Gasteiger partial charge in [0.15, 0.2) is 11.5 Å². The van der Waals surface area contributed by atoms with Crippen molar-refractivity contribution in [2.75, 3.05) is 32.9 Å². The molecule has 2 amide bonds. The maximum atomic E-state index is 12.8. The molecule has 0 radical (unpaired) electrons. The zero-order valence-electron chi connectivity index (χ0n) is 17.4. The summed E-state index contributed by atoms with van der Waals surface area (Å²) in [7, 11) is 0. The van der Waals surface area contributed by atoms with Gasteiger partial charge in [0.25, 0.3) is 5.91 Å². The van der Waals surface area contributed by atoms with Gasteiger partial charge in [-0.1, -0.05) is 6.92 Å². The van der Waals surface area contributed by atoms with E-state index in [-0.39, 0.29) is 17.9 Å². The summed E-state index contributed by atoms with van der Waals surface area (Å²) in [5.41, 5.74) is 0.474. The van der Waals surface area contributed by atoms with Crippen LogP contribution in [0.15, 0.2) is 12.1 Å². The Kier molecular flexibility index (Phi) is 8.42. The summed E-state index contributed by atoms with van der Waals surface area (Å²) in [6.45, 7) is 10.3. The van der Waals surface area contributed by atoms with Crippen LogP contribution >= 0.6 is 0 Å². The maximum Gasteiger partial charge on any atom is 0.251 e. The minimum absolute atomic E-state index is 0.0473. The quantitative estimate of drug-likeness (QED) is 0.699. The third-order valence-electron chi connectivity index (χ3n) is 4.66. The Bertz CT molecular complexity index is 642. The van der Waals surface area contributed by atoms with Crippen molar-refractivity contribution in [3.63, 3.8) is 0 Å². The standard InChI is InChI=1S/C21H32N2O5/c1-5-19(24)23-11-9-16(10-12-23)22-21(25)15-13-17(26-6-2)20(28-8-4)18(14-15)27-7-3/h13-14,16H,5-12H2,1-4H3,(H,22,25). The topological polar surface area (TPSA) is 77.1 Å². The summed E-state index contributed by atoms with van der Waals surface area (Å²) in [5.74, 6) is 1.52. The minimum Gasteiger partial charge on any atom is -0.490 e. The molecule has 1 aliphatic rings. The van der Waals surface area contributed by atoms with E-state index >= 15 is 0 Å². The Morgan fingerprint density at radius 3 is 1.96 bits per heavy atom. The first kappa shape index (κ1) is 21.9. The highest BCUT2D eigenvalue weighted by atomic mass is 16.5. The Balaban J connectivity index is 2.13. The second kappa shape index (κ2) is 10.8. The van der Waals surface area contributed by atoms with Crippen LogP contribution in [-0.4, -0.2) is 55.7 Å². The molecule has 28 heavy (non-hydrogen) atoms. The SMILES string of the molecule is CCOc1cc(C(=O)NC2CCN(C(=O)CC)CC2)cc(OCC)c1OCC. The van der Waals surface area contributed by atoms with Crippen LogP contribution in [0.1, 0.15) is 57.3 Å². The van der Waals surface area contributed by atoms with Gasteiger partial charge in [-0.15, -0.1) is 0 Å². The molecule has 0 atom stereocenters. The third kappa shape index (κ3) is 5.53. The van der Waals surface area contributed by atoms with E-state index in [2.05, 4.69) is 5.32 Å². The van der Waals surface area contributed by atoms with Crippen molar-refractivity contribution in [2.45, 2.75) is 53.0 Å². The van der Waals surface area contributed by atoms with E-state index in [0.29, 0.717) is 62.1 Å². The minimum atomic E-state index is -0.176. The molecule has 1 heterocycles. The molecule has 2 rings (SSSR count). The molecule has 0 bridgehead atoms. The lowest BCUT2D eigenvalue weighted by Crippen LogP contribution is -2.46. The summed E-state index contributed by atoms with van der Waals surface area (Å²) in [6, 6.07) is 3.44. The second-order valence-electron chi connectivity index (χ2n) is 6.58. The summed E-state index contributed by atoms with van der Waals surface area (Å²) < 4.78 is 17.0. The number of benzene rings is 1. The molecular formula is C21H32N2O5. The van der Waals surface area contributed by atoms with Crippen LogP contribution in [0.4, 0.5) is 0 Å². The van der Waals surface area contributed by atoms with Crippen molar-refractivity contribution >= 4 is 11.8 Å². The van der Waals surface area contributed by atoms with Gasteiger partial charge in [0.2, 0.25) is 11.7 Å². The number of carbonyl (C=O) groups excluding carboxylic acids is 2. The Morgan fingerprint density at radius 2 is 1.50 bits per heavy atom. The third-order valence-corrected chi connectivity index (χ3v) is 4.66. The molecule has 1 N–H and O–H groups in total. The summed E-state index contributed by atoms with van der Waals surface area (Å²) in [5, 5.41) is 3.07. The van der Waals surface area contributed by atoms with Crippen LogP contribution in [0, 0.1) is 0 Å². The van der Waals surface area contributed by atoms with E-state index in [9.17, 15) is 9.59 Å². The van der Waals surface area contributed by atoms with Crippen molar-refractivity contribution in [1.29, 1.82) is 0 Å². The summed E-state index contributed by atoms with van der Waals surface area (Å²) >= 11 is 0. The molecule has 0 spiro atoms. The highest BCUT2D eigenvalue weighted by molar-refractivity contribution is 5.95. The predicted molar refractivity (Wildman–Crippen MR) is 107 cm³/mol. The molecule has 1 saturated heterocycles. The molecule has 1 fully saturated rings. The molecule has 0 aromatic heterocycles. The average Bonchev–Trinajstić information content (AvgIpc) is 2.70. The Hall–Kier alpha value is -2.44. The predicted octanol–water partition coefficient (Wildman–Crippen LogP) is 3.01. The van der Waals surface area contributed by atoms with Gasteiger partial charge >= 0.3 is 0 Å². The molecular weight excluding hydrogens is 360 g/mol. The van der Waals surface area contributed by atoms with E-state index in [1.165, 1.54) is 0 Å². The highest BCUT2D eigenvalue weighted by Crippen LogP contribution is 2.39. The first-order valence-corrected chi connectivity index (χ1v) is 10.2. The fraction of sp³-hybridized carbons (Fsp3) is 0.619. The first-order chi connectivity index (χ1) is 13.5. The lowest BCUT2D eigenvalue weighted by Gasteiger charge is -2.32. The van der Waals surface area contributed by atoms with E-state index in [4.69, 9.17) is 14.2 Å². The number of hydrogen-bond acceptors (Lipinski definition) is 5. The summed E-state index contributed by atoms with van der Waals surface area (Å²) in [4.78, 5) is 26.5. The maximum absolute atomic E-state index is 12.8. The zero-order valence-corrected chi connectivity index (χ0v) is 17.4. The number of nitrogens with zero attached hydrogens (tertiary/aromatic N) is 1. The lowest BCUT2D eigenvalue weighted by molar-refractivity contribution is -0.131. The van der Waals surface area contributed by atoms with Gasteiger partial charge in [-0.25, -0.2) is 0 Å². The van der Waals surface area contributed by atoms with Gasteiger partial charge in [-0.3, -0.25) is 9.59 Å². The molecule has 0 saturated carbocycles. The number of nitrogens with one attached hydrogen (secondary N) is 1. The number of rotatable bonds is 9. The highest BCUT2D eigenvalue weighted by Gasteiger charge is 2.24.